The van der Waals surface area contributed by atoms with Gasteiger partial charge >= 0.3 is 0 Å². The maximum Gasteiger partial charge on any atom is 0.195 e. The second-order valence-electron chi connectivity index (χ2n) is 4.99. The summed E-state index contributed by atoms with van der Waals surface area (Å²) in [6.45, 7) is 12.0. The fraction of sp³-hybridized carbons (Fsp3) is 0.296. The van der Waals surface area contributed by atoms with E-state index in [0.29, 0.717) is 0 Å². The van der Waals surface area contributed by atoms with E-state index >= 15 is 0 Å². The lowest BCUT2D eigenvalue weighted by atomic mass is 10.2. The molecule has 1 heterocycles. The number of methoxy groups -OCH3 is 1. The first-order chi connectivity index (χ1) is 14.8. The highest BCUT2D eigenvalue weighted by Gasteiger charge is 2.03. The van der Waals surface area contributed by atoms with Crippen LogP contribution in [0.4, 0.5) is 0 Å². The van der Waals surface area contributed by atoms with E-state index in [2.05, 4.69) is 4.74 Å². The molecule has 0 fully saturated rings. The minimum absolute atomic E-state index is 0.139. The lowest BCUT2D eigenvalue weighted by Gasteiger charge is -1.99. The van der Waals surface area contributed by atoms with Crippen molar-refractivity contribution in [3.63, 3.8) is 0 Å². The molecule has 0 N–H and O–H groups in total. The molecule has 0 amide bonds. The number of benzene rings is 3. The number of fused-ring (bicyclic) bond motifs is 2. The number of hydrogen-bond acceptors (Lipinski definition) is 3. The Bertz CT molecular complexity index is 847. The van der Waals surface area contributed by atoms with Crippen molar-refractivity contribution in [3.05, 3.63) is 95.2 Å². The van der Waals surface area contributed by atoms with Crippen molar-refractivity contribution in [1.29, 1.82) is 0 Å². The molecule has 2 nitrogen and oxygen atoms in total. The van der Waals surface area contributed by atoms with Crippen molar-refractivity contribution in [3.8, 4) is 0 Å². The molecule has 164 valence electrons. The Morgan fingerprint density at radius 3 is 1.10 bits per heavy atom. The van der Waals surface area contributed by atoms with Gasteiger partial charge < -0.3 is 4.74 Å². The molecule has 0 saturated heterocycles. The van der Waals surface area contributed by atoms with Gasteiger partial charge in [-0.15, -0.1) is 11.3 Å². The molecule has 3 aromatic carbocycles. The summed E-state index contributed by atoms with van der Waals surface area (Å²) in [6.07, 6.45) is 0. The van der Waals surface area contributed by atoms with Gasteiger partial charge in [-0.05, 0) is 24.3 Å². The lowest BCUT2D eigenvalue weighted by Crippen LogP contribution is -1.99. The van der Waals surface area contributed by atoms with E-state index < -0.39 is 0 Å². The maximum atomic E-state index is 12.1. The summed E-state index contributed by atoms with van der Waals surface area (Å²) < 4.78 is 6.36. The van der Waals surface area contributed by atoms with Crippen LogP contribution >= 0.6 is 11.3 Å². The molecule has 0 aliphatic carbocycles. The van der Waals surface area contributed by atoms with Crippen LogP contribution in [0.25, 0.3) is 20.2 Å². The van der Waals surface area contributed by atoms with E-state index in [4.69, 9.17) is 0 Å². The van der Waals surface area contributed by atoms with Crippen LogP contribution in [-0.4, -0.2) is 14.2 Å². The van der Waals surface area contributed by atoms with Gasteiger partial charge in [0, 0.05) is 34.4 Å². The zero-order valence-electron chi connectivity index (χ0n) is 19.8. The van der Waals surface area contributed by atoms with Crippen LogP contribution in [0.1, 0.15) is 41.5 Å². The molecule has 0 spiro atoms. The largest absolute Gasteiger partial charge is 0.388 e. The predicted octanol–water partition coefficient (Wildman–Crippen LogP) is 8.44. The Hall–Kier alpha value is -2.49. The van der Waals surface area contributed by atoms with Crippen LogP contribution in [0.5, 0.6) is 0 Å². The van der Waals surface area contributed by atoms with Crippen LogP contribution in [0.3, 0.4) is 0 Å². The minimum atomic E-state index is 0.139. The number of ether oxygens (including phenoxy) is 1. The normalized spacial score (nSPS) is 8.27. The summed E-state index contributed by atoms with van der Waals surface area (Å²) in [4.78, 5) is 12.1. The van der Waals surface area contributed by atoms with Crippen molar-refractivity contribution in [2.45, 2.75) is 41.5 Å². The van der Waals surface area contributed by atoms with E-state index in [1.165, 1.54) is 0 Å². The molecule has 0 unspecified atom stereocenters. The smallest absolute Gasteiger partial charge is 0.195 e. The molecule has 4 rings (SSSR count). The van der Waals surface area contributed by atoms with E-state index in [9.17, 15) is 4.79 Å². The average molecular weight is 427 g/mol. The van der Waals surface area contributed by atoms with Gasteiger partial charge in [0.2, 0.25) is 0 Å². The zero-order chi connectivity index (χ0) is 23.2. The monoisotopic (exact) mass is 426 g/mol. The van der Waals surface area contributed by atoms with E-state index in [0.717, 1.165) is 20.2 Å². The van der Waals surface area contributed by atoms with Gasteiger partial charge in [0.1, 0.15) is 0 Å². The Labute approximate surface area is 187 Å². The van der Waals surface area contributed by atoms with Gasteiger partial charge in [0.05, 0.1) is 0 Å². The quantitative estimate of drug-likeness (QED) is 0.264. The second-order valence-corrected chi connectivity index (χ2v) is 6.07. The van der Waals surface area contributed by atoms with Gasteiger partial charge in [-0.25, -0.2) is 0 Å². The molecule has 0 bridgehead atoms. The van der Waals surface area contributed by atoms with E-state index in [1.807, 2.05) is 126 Å². The van der Waals surface area contributed by atoms with Crippen LogP contribution in [0, 0.1) is 0 Å². The number of hydrogen-bond donors (Lipinski definition) is 0. The first-order valence-electron chi connectivity index (χ1n) is 10.6. The van der Waals surface area contributed by atoms with Gasteiger partial charge in [-0.2, -0.15) is 0 Å². The highest BCUT2D eigenvalue weighted by atomic mass is 32.1. The highest BCUT2D eigenvalue weighted by molar-refractivity contribution is 7.24. The van der Waals surface area contributed by atoms with Crippen molar-refractivity contribution in [2.75, 3.05) is 14.2 Å². The molecule has 0 saturated carbocycles. The predicted molar refractivity (Wildman–Crippen MR) is 139 cm³/mol. The molecule has 0 aliphatic heterocycles. The molecule has 0 atom stereocenters. The molecule has 0 aliphatic rings. The molecular weight excluding hydrogens is 388 g/mol. The Morgan fingerprint density at radius 2 is 0.800 bits per heavy atom. The summed E-state index contributed by atoms with van der Waals surface area (Å²) >= 11 is 1.67. The van der Waals surface area contributed by atoms with Gasteiger partial charge in [0.15, 0.2) is 5.43 Å². The van der Waals surface area contributed by atoms with E-state index in [-0.39, 0.29) is 5.43 Å². The molecular formula is C27H38O2S. The molecule has 30 heavy (non-hydrogen) atoms. The van der Waals surface area contributed by atoms with Crippen LogP contribution in [-0.2, 0) is 4.74 Å². The van der Waals surface area contributed by atoms with Gasteiger partial charge in [-0.1, -0.05) is 102 Å². The average Bonchev–Trinajstić information content (AvgIpc) is 2.85. The first kappa shape index (κ1) is 29.7. The third-order valence-corrected chi connectivity index (χ3v) is 4.30. The summed E-state index contributed by atoms with van der Waals surface area (Å²) in [5, 5.41) is 1.64. The SMILES string of the molecule is CC.CC.CC.COC.O=c1c2ccccc2sc2ccccc12.c1ccccc1. The highest BCUT2D eigenvalue weighted by Crippen LogP contribution is 2.23. The third kappa shape index (κ3) is 10.9. The summed E-state index contributed by atoms with van der Waals surface area (Å²) in [6, 6.07) is 27.5. The molecule has 4 aromatic rings. The van der Waals surface area contributed by atoms with Crippen molar-refractivity contribution >= 4 is 31.5 Å². The third-order valence-electron chi connectivity index (χ3n) is 3.15. The lowest BCUT2D eigenvalue weighted by molar-refractivity contribution is 0.277. The minimum Gasteiger partial charge on any atom is -0.388 e. The summed E-state index contributed by atoms with van der Waals surface area (Å²) in [5.41, 5.74) is 0.139. The molecule has 1 aromatic heterocycles. The topological polar surface area (TPSA) is 26.3 Å². The fourth-order valence-electron chi connectivity index (χ4n) is 2.13. The van der Waals surface area contributed by atoms with Crippen molar-refractivity contribution < 1.29 is 4.74 Å². The van der Waals surface area contributed by atoms with Crippen LogP contribution in [0.2, 0.25) is 0 Å². The van der Waals surface area contributed by atoms with Crippen LogP contribution < -0.4 is 5.43 Å². The Kier molecular flexibility index (Phi) is 21.0. The Balaban J connectivity index is 0. The summed E-state index contributed by atoms with van der Waals surface area (Å²) in [7, 11) is 3.25. The van der Waals surface area contributed by atoms with Crippen molar-refractivity contribution in [2.24, 2.45) is 0 Å². The first-order valence-corrected chi connectivity index (χ1v) is 11.4. The Morgan fingerprint density at radius 1 is 0.533 bits per heavy atom. The van der Waals surface area contributed by atoms with Gasteiger partial charge in [-0.3, -0.25) is 4.79 Å². The number of rotatable bonds is 0. The molecule has 3 heteroatoms. The maximum absolute atomic E-state index is 12.1. The van der Waals surface area contributed by atoms with Crippen LogP contribution in [0.15, 0.2) is 89.7 Å². The fourth-order valence-corrected chi connectivity index (χ4v) is 3.21. The zero-order valence-corrected chi connectivity index (χ0v) is 20.6. The molecule has 0 radical (unpaired) electrons. The summed E-state index contributed by atoms with van der Waals surface area (Å²) in [5.74, 6) is 0. The standard InChI is InChI=1S/C13H8OS.C6H6.C2H6O.3C2H6/c14-13-9-5-1-3-7-11(9)15-12-8-4-2-6-10(12)13;1-2-4-6-5-3-1;1-3-2;3*1-2/h1-8H;1-6H;1-2H3;3*1-2H3. The second kappa shape index (κ2) is 21.2. The van der Waals surface area contributed by atoms with Gasteiger partial charge in [0.25, 0.3) is 0 Å². The van der Waals surface area contributed by atoms with Crippen molar-refractivity contribution in [1.82, 2.24) is 0 Å². The van der Waals surface area contributed by atoms with E-state index in [1.54, 1.807) is 25.6 Å².